The highest BCUT2D eigenvalue weighted by Gasteiger charge is 2.32. The number of alkyl halides is 3. The molecule has 0 aromatic heterocycles. The molecule has 1 unspecified atom stereocenters. The molecule has 1 aliphatic heterocycles. The zero-order valence-corrected chi connectivity index (χ0v) is 12.6. The summed E-state index contributed by atoms with van der Waals surface area (Å²) < 4.78 is 40.8. The Morgan fingerprint density at radius 1 is 1.45 bits per heavy atom. The van der Waals surface area contributed by atoms with Crippen molar-refractivity contribution in [2.24, 2.45) is 0 Å². The van der Waals surface area contributed by atoms with Crippen LogP contribution in [-0.4, -0.2) is 32.0 Å². The maximum absolute atomic E-state index is 12.2. The number of nitrogens with zero attached hydrogens (tertiary/aromatic N) is 1. The third kappa shape index (κ3) is 4.02. The van der Waals surface area contributed by atoms with Crippen LogP contribution >= 0.6 is 15.9 Å². The summed E-state index contributed by atoms with van der Waals surface area (Å²) in [6, 6.07) is 5.09. The highest BCUT2D eigenvalue weighted by Crippen LogP contribution is 2.34. The van der Waals surface area contributed by atoms with Crippen LogP contribution in [0.4, 0.5) is 18.9 Å². The van der Waals surface area contributed by atoms with Gasteiger partial charge in [-0.15, -0.1) is 13.2 Å². The van der Waals surface area contributed by atoms with Crippen LogP contribution in [0.25, 0.3) is 0 Å². The molecule has 2 rings (SSSR count). The van der Waals surface area contributed by atoms with Crippen LogP contribution in [0.5, 0.6) is 5.75 Å². The van der Waals surface area contributed by atoms with Crippen molar-refractivity contribution in [3.63, 3.8) is 0 Å². The molecule has 0 amide bonds. The van der Waals surface area contributed by atoms with Crippen LogP contribution in [0.3, 0.4) is 0 Å². The summed E-state index contributed by atoms with van der Waals surface area (Å²) in [5, 5.41) is 3.37. The largest absolute Gasteiger partial charge is 0.573 e. The van der Waals surface area contributed by atoms with Gasteiger partial charge >= 0.3 is 6.36 Å². The topological polar surface area (TPSA) is 24.5 Å². The summed E-state index contributed by atoms with van der Waals surface area (Å²) in [6.45, 7) is 4.73. The first-order valence-corrected chi connectivity index (χ1v) is 7.22. The molecule has 1 heterocycles. The first kappa shape index (κ1) is 15.4. The van der Waals surface area contributed by atoms with E-state index in [0.717, 1.165) is 31.7 Å². The van der Waals surface area contributed by atoms with Gasteiger partial charge in [-0.25, -0.2) is 0 Å². The monoisotopic (exact) mass is 352 g/mol. The number of hydrogen-bond donors (Lipinski definition) is 1. The third-order valence-corrected chi connectivity index (χ3v) is 3.81. The lowest BCUT2D eigenvalue weighted by atomic mass is 10.2. The number of nitrogens with one attached hydrogen (secondary N) is 1. The molecule has 0 radical (unpaired) electrons. The highest BCUT2D eigenvalue weighted by atomic mass is 79.9. The minimum atomic E-state index is -4.67. The molecule has 7 heteroatoms. The highest BCUT2D eigenvalue weighted by molar-refractivity contribution is 9.10. The van der Waals surface area contributed by atoms with Gasteiger partial charge in [0.2, 0.25) is 0 Å². The third-order valence-electron chi connectivity index (χ3n) is 3.19. The predicted molar refractivity (Wildman–Crippen MR) is 75.1 cm³/mol. The lowest BCUT2D eigenvalue weighted by Gasteiger charge is -2.20. The Morgan fingerprint density at radius 3 is 2.80 bits per heavy atom. The average Bonchev–Trinajstić information content (AvgIpc) is 2.79. The summed E-state index contributed by atoms with van der Waals surface area (Å²) in [5.41, 5.74) is 0.895. The van der Waals surface area contributed by atoms with E-state index in [-0.39, 0.29) is 5.75 Å². The Balaban J connectivity index is 2.06. The van der Waals surface area contributed by atoms with Gasteiger partial charge in [0.15, 0.2) is 0 Å². The van der Waals surface area contributed by atoms with Crippen LogP contribution in [0.2, 0.25) is 0 Å². The van der Waals surface area contributed by atoms with Gasteiger partial charge < -0.3 is 15.0 Å². The molecule has 1 saturated heterocycles. The molecule has 0 aliphatic carbocycles. The summed E-state index contributed by atoms with van der Waals surface area (Å²) in [4.78, 5) is 2.15. The summed E-state index contributed by atoms with van der Waals surface area (Å²) in [7, 11) is 0. The van der Waals surface area contributed by atoms with Gasteiger partial charge in [0.05, 0.1) is 4.47 Å². The van der Waals surface area contributed by atoms with Crippen molar-refractivity contribution in [1.29, 1.82) is 0 Å². The van der Waals surface area contributed by atoms with Crippen molar-refractivity contribution < 1.29 is 17.9 Å². The fourth-order valence-corrected chi connectivity index (χ4v) is 2.79. The minimum Gasteiger partial charge on any atom is -0.405 e. The number of ether oxygens (including phenoxy) is 1. The van der Waals surface area contributed by atoms with Crippen LogP contribution < -0.4 is 15.0 Å². The smallest absolute Gasteiger partial charge is 0.405 e. The van der Waals surface area contributed by atoms with Gasteiger partial charge in [0, 0.05) is 24.8 Å². The van der Waals surface area contributed by atoms with E-state index >= 15 is 0 Å². The Bertz CT molecular complexity index is 467. The quantitative estimate of drug-likeness (QED) is 0.896. The first-order valence-electron chi connectivity index (χ1n) is 6.42. The number of rotatable bonds is 4. The normalized spacial score (nSPS) is 19.4. The molecule has 0 saturated carbocycles. The molecule has 1 aromatic rings. The molecule has 0 bridgehead atoms. The molecule has 1 aromatic carbocycles. The molecule has 3 nitrogen and oxygen atoms in total. The molecular weight excluding hydrogens is 337 g/mol. The second-order valence-electron chi connectivity index (χ2n) is 4.65. The average molecular weight is 353 g/mol. The van der Waals surface area contributed by atoms with E-state index in [1.807, 2.05) is 0 Å². The lowest BCUT2D eigenvalue weighted by molar-refractivity contribution is -0.274. The van der Waals surface area contributed by atoms with E-state index in [4.69, 9.17) is 0 Å². The van der Waals surface area contributed by atoms with E-state index in [2.05, 4.69) is 37.8 Å². The van der Waals surface area contributed by atoms with Crippen LogP contribution in [-0.2, 0) is 0 Å². The number of halogens is 4. The van der Waals surface area contributed by atoms with Crippen molar-refractivity contribution >= 4 is 21.6 Å². The second kappa shape index (κ2) is 6.22. The Morgan fingerprint density at radius 2 is 2.20 bits per heavy atom. The van der Waals surface area contributed by atoms with Gasteiger partial charge in [-0.05, 0) is 47.1 Å². The molecule has 20 heavy (non-hydrogen) atoms. The van der Waals surface area contributed by atoms with E-state index in [1.165, 1.54) is 6.07 Å². The fourth-order valence-electron chi connectivity index (χ4n) is 2.34. The number of benzene rings is 1. The Kier molecular flexibility index (Phi) is 4.80. The SMILES string of the molecule is CCNC1CCN(c2ccc(OC(F)(F)F)c(Br)c2)C1. The number of likely N-dealkylation sites (N-methyl/N-ethyl adjacent to an activating group) is 1. The van der Waals surface area contributed by atoms with Crippen LogP contribution in [0.1, 0.15) is 13.3 Å². The van der Waals surface area contributed by atoms with Gasteiger partial charge in [0.1, 0.15) is 5.75 Å². The number of anilines is 1. The molecule has 1 N–H and O–H groups in total. The fraction of sp³-hybridized carbons (Fsp3) is 0.538. The predicted octanol–water partition coefficient (Wildman–Crippen LogP) is 3.54. The minimum absolute atomic E-state index is 0.219. The van der Waals surface area contributed by atoms with Crippen molar-refractivity contribution in [2.45, 2.75) is 25.7 Å². The summed E-state index contributed by atoms with van der Waals surface area (Å²) in [6.07, 6.45) is -3.64. The molecule has 0 spiro atoms. The van der Waals surface area contributed by atoms with E-state index in [1.54, 1.807) is 12.1 Å². The molecule has 1 aliphatic rings. The second-order valence-corrected chi connectivity index (χ2v) is 5.51. The van der Waals surface area contributed by atoms with E-state index in [9.17, 15) is 13.2 Å². The Labute approximate surface area is 124 Å². The van der Waals surface area contributed by atoms with Crippen molar-refractivity contribution in [2.75, 3.05) is 24.5 Å². The van der Waals surface area contributed by atoms with Crippen molar-refractivity contribution in [3.05, 3.63) is 22.7 Å². The molecular formula is C13H16BrF3N2O. The van der Waals surface area contributed by atoms with Gasteiger partial charge in [-0.2, -0.15) is 0 Å². The first-order chi connectivity index (χ1) is 9.39. The van der Waals surface area contributed by atoms with E-state index in [0.29, 0.717) is 10.5 Å². The van der Waals surface area contributed by atoms with Crippen molar-refractivity contribution in [3.8, 4) is 5.75 Å². The maximum atomic E-state index is 12.2. The standard InChI is InChI=1S/C13H16BrF3N2O/c1-2-18-9-5-6-19(8-9)10-3-4-12(11(14)7-10)20-13(15,16)17/h3-4,7,9,18H,2,5-6,8H2,1H3. The molecule has 1 fully saturated rings. The van der Waals surface area contributed by atoms with E-state index < -0.39 is 6.36 Å². The molecule has 112 valence electrons. The van der Waals surface area contributed by atoms with Gasteiger partial charge in [0.25, 0.3) is 0 Å². The maximum Gasteiger partial charge on any atom is 0.573 e. The van der Waals surface area contributed by atoms with Crippen LogP contribution in [0.15, 0.2) is 22.7 Å². The number of hydrogen-bond acceptors (Lipinski definition) is 3. The zero-order chi connectivity index (χ0) is 14.8. The van der Waals surface area contributed by atoms with Gasteiger partial charge in [-0.3, -0.25) is 0 Å². The molecule has 1 atom stereocenters. The van der Waals surface area contributed by atoms with Crippen molar-refractivity contribution in [1.82, 2.24) is 5.32 Å². The Hall–Kier alpha value is -0.950. The van der Waals surface area contributed by atoms with Gasteiger partial charge in [-0.1, -0.05) is 6.92 Å². The summed E-state index contributed by atoms with van der Waals surface area (Å²) >= 11 is 3.13. The van der Waals surface area contributed by atoms with Crippen LogP contribution in [0, 0.1) is 0 Å². The summed E-state index contributed by atoms with van der Waals surface area (Å²) in [5.74, 6) is -0.219. The lowest BCUT2D eigenvalue weighted by Crippen LogP contribution is -2.32. The zero-order valence-electron chi connectivity index (χ0n) is 11.0.